The summed E-state index contributed by atoms with van der Waals surface area (Å²) in [6.45, 7) is 2.03. The van der Waals surface area contributed by atoms with E-state index >= 15 is 0 Å². The van der Waals surface area contributed by atoms with Gasteiger partial charge >= 0.3 is 0 Å². The van der Waals surface area contributed by atoms with E-state index < -0.39 is 5.91 Å². The average Bonchev–Trinajstić information content (AvgIpc) is 3.50. The Labute approximate surface area is 184 Å². The van der Waals surface area contributed by atoms with Crippen molar-refractivity contribution in [2.75, 3.05) is 6.54 Å². The van der Waals surface area contributed by atoms with Crippen LogP contribution in [0.15, 0.2) is 42.7 Å². The minimum absolute atomic E-state index is 0.382. The van der Waals surface area contributed by atoms with Crippen LogP contribution in [0.5, 0.6) is 0 Å². The molecule has 2 aromatic rings. The minimum atomic E-state index is -0.527. The number of nitrogens with zero attached hydrogens (tertiary/aromatic N) is 4. The number of carbonyl (C=O) groups is 1. The molecule has 2 atom stereocenters. The van der Waals surface area contributed by atoms with Gasteiger partial charge in [0.25, 0.3) is 5.91 Å². The molecule has 0 spiro atoms. The van der Waals surface area contributed by atoms with Gasteiger partial charge in [0.15, 0.2) is 0 Å². The second kappa shape index (κ2) is 10.7. The fourth-order valence-electron chi connectivity index (χ4n) is 5.26. The van der Waals surface area contributed by atoms with Crippen LogP contribution in [0.4, 0.5) is 0 Å². The number of carbonyl (C=O) groups excluding carboxylic acids is 1. The van der Waals surface area contributed by atoms with Gasteiger partial charge in [-0.15, -0.1) is 5.10 Å². The summed E-state index contributed by atoms with van der Waals surface area (Å²) < 4.78 is 2.11. The highest BCUT2D eigenvalue weighted by molar-refractivity contribution is 5.90. The van der Waals surface area contributed by atoms with E-state index in [1.807, 2.05) is 18.3 Å². The number of hydrogen-bond donors (Lipinski definition) is 2. The lowest BCUT2D eigenvalue weighted by atomic mass is 9.83. The Kier molecular flexibility index (Phi) is 7.48. The Morgan fingerprint density at radius 3 is 2.68 bits per heavy atom. The molecule has 31 heavy (non-hydrogen) atoms. The van der Waals surface area contributed by atoms with E-state index in [-0.39, 0.29) is 0 Å². The third-order valence-corrected chi connectivity index (χ3v) is 6.84. The molecule has 2 aliphatic rings. The highest BCUT2D eigenvalue weighted by Crippen LogP contribution is 2.37. The molecule has 1 unspecified atom stereocenters. The monoisotopic (exact) mass is 423 g/mol. The van der Waals surface area contributed by atoms with E-state index in [4.69, 9.17) is 5.21 Å². The normalized spacial score (nSPS) is 21.5. The van der Waals surface area contributed by atoms with Crippen molar-refractivity contribution < 1.29 is 10.0 Å². The molecule has 1 aromatic carbocycles. The molecule has 2 N–H and O–H groups in total. The molecule has 0 radical (unpaired) electrons. The first-order chi connectivity index (χ1) is 15.2. The van der Waals surface area contributed by atoms with E-state index in [0.29, 0.717) is 12.1 Å². The predicted octanol–water partition coefficient (Wildman–Crippen LogP) is 3.97. The molecule has 1 aliphatic carbocycles. The van der Waals surface area contributed by atoms with Crippen LogP contribution in [0.2, 0.25) is 0 Å². The first kappa shape index (κ1) is 21.7. The summed E-state index contributed by atoms with van der Waals surface area (Å²) in [5.41, 5.74) is 3.81. The second-order valence-electron chi connectivity index (χ2n) is 8.92. The van der Waals surface area contributed by atoms with Crippen molar-refractivity contribution >= 4 is 12.0 Å². The third kappa shape index (κ3) is 5.80. The highest BCUT2D eigenvalue weighted by Gasteiger charge is 2.35. The largest absolute Gasteiger partial charge is 0.294 e. The molecule has 166 valence electrons. The van der Waals surface area contributed by atoms with E-state index in [2.05, 4.69) is 32.0 Å². The van der Waals surface area contributed by atoms with Gasteiger partial charge in [-0.2, -0.15) is 0 Å². The maximum atomic E-state index is 11.2. The van der Waals surface area contributed by atoms with Crippen LogP contribution in [0.3, 0.4) is 0 Å². The molecule has 1 aliphatic heterocycles. The molecule has 7 heteroatoms. The molecule has 1 saturated carbocycles. The molecule has 1 aromatic heterocycles. The van der Waals surface area contributed by atoms with E-state index in [1.54, 1.807) is 17.8 Å². The number of amides is 1. The quantitative estimate of drug-likeness (QED) is 0.381. The molecule has 2 heterocycles. The van der Waals surface area contributed by atoms with Gasteiger partial charge in [0.2, 0.25) is 0 Å². The van der Waals surface area contributed by atoms with Crippen LogP contribution in [0, 0.1) is 5.92 Å². The number of likely N-dealkylation sites (tertiary alicyclic amines) is 1. The zero-order chi connectivity index (χ0) is 21.5. The van der Waals surface area contributed by atoms with Crippen LogP contribution < -0.4 is 5.48 Å². The standard InChI is InChI=1S/C24H33N5O2/c30-24(26-31)13-12-19-8-10-21(11-9-19)18-28-15-4-7-22(28)23(29-16-14-25-27-29)17-20-5-2-1-3-6-20/h8-14,16,20,22-23,31H,1-7,15,17-18H2,(H,26,30)/b13-12+/t22?,23-/m1/s1. The van der Waals surface area contributed by atoms with E-state index in [9.17, 15) is 4.79 Å². The topological polar surface area (TPSA) is 83.3 Å². The summed E-state index contributed by atoms with van der Waals surface area (Å²) in [7, 11) is 0. The maximum Gasteiger partial charge on any atom is 0.267 e. The van der Waals surface area contributed by atoms with Gasteiger partial charge in [-0.3, -0.25) is 14.9 Å². The van der Waals surface area contributed by atoms with Gasteiger partial charge in [-0.05, 0) is 48.9 Å². The van der Waals surface area contributed by atoms with Crippen molar-refractivity contribution in [1.82, 2.24) is 25.4 Å². The lowest BCUT2D eigenvalue weighted by Gasteiger charge is -2.34. The van der Waals surface area contributed by atoms with Crippen molar-refractivity contribution in [3.8, 4) is 0 Å². The molecule has 0 bridgehead atoms. The predicted molar refractivity (Wildman–Crippen MR) is 119 cm³/mol. The van der Waals surface area contributed by atoms with Gasteiger partial charge in [-0.1, -0.05) is 61.6 Å². The smallest absolute Gasteiger partial charge is 0.267 e. The molecule has 1 saturated heterocycles. The summed E-state index contributed by atoms with van der Waals surface area (Å²) >= 11 is 0. The Balaban J connectivity index is 1.44. The molecule has 7 nitrogen and oxygen atoms in total. The van der Waals surface area contributed by atoms with Gasteiger partial charge in [0, 0.05) is 24.9 Å². The van der Waals surface area contributed by atoms with Crippen LogP contribution in [0.1, 0.15) is 68.5 Å². The van der Waals surface area contributed by atoms with Crippen molar-refractivity contribution in [1.29, 1.82) is 0 Å². The fraction of sp³-hybridized carbons (Fsp3) is 0.542. The van der Waals surface area contributed by atoms with Crippen molar-refractivity contribution in [3.05, 3.63) is 53.9 Å². The van der Waals surface area contributed by atoms with E-state index in [0.717, 1.165) is 24.6 Å². The van der Waals surface area contributed by atoms with E-state index in [1.165, 1.54) is 63.0 Å². The number of nitrogens with one attached hydrogen (secondary N) is 1. The summed E-state index contributed by atoms with van der Waals surface area (Å²) in [6, 6.07) is 9.13. The lowest BCUT2D eigenvalue weighted by molar-refractivity contribution is -0.124. The first-order valence-electron chi connectivity index (χ1n) is 11.5. The first-order valence-corrected chi connectivity index (χ1v) is 11.5. The Morgan fingerprint density at radius 1 is 1.16 bits per heavy atom. The van der Waals surface area contributed by atoms with Gasteiger partial charge in [0.1, 0.15) is 0 Å². The van der Waals surface area contributed by atoms with Crippen LogP contribution in [-0.4, -0.2) is 43.6 Å². The highest BCUT2D eigenvalue weighted by atomic mass is 16.5. The van der Waals surface area contributed by atoms with Crippen molar-refractivity contribution in [3.63, 3.8) is 0 Å². The Morgan fingerprint density at radius 2 is 1.97 bits per heavy atom. The average molecular weight is 424 g/mol. The minimum Gasteiger partial charge on any atom is -0.294 e. The Hall–Kier alpha value is -2.51. The van der Waals surface area contributed by atoms with Crippen LogP contribution >= 0.6 is 0 Å². The lowest BCUT2D eigenvalue weighted by Crippen LogP contribution is -2.38. The maximum absolute atomic E-state index is 11.2. The molecule has 1 amide bonds. The summed E-state index contributed by atoms with van der Waals surface area (Å²) in [4.78, 5) is 13.8. The van der Waals surface area contributed by atoms with Gasteiger partial charge < -0.3 is 0 Å². The molecular formula is C24H33N5O2. The number of hydroxylamine groups is 1. The number of aromatic nitrogens is 3. The second-order valence-corrected chi connectivity index (χ2v) is 8.92. The summed E-state index contributed by atoms with van der Waals surface area (Å²) in [5.74, 6) is 0.272. The summed E-state index contributed by atoms with van der Waals surface area (Å²) in [6.07, 6.45) is 17.3. The number of benzene rings is 1. The van der Waals surface area contributed by atoms with Gasteiger partial charge in [-0.25, -0.2) is 10.2 Å². The van der Waals surface area contributed by atoms with Crippen molar-refractivity contribution in [2.45, 2.75) is 70.0 Å². The SMILES string of the molecule is O=C(/C=C/c1ccc(CN2CCCC2[C@@H](CC2CCCCC2)n2ccnn2)cc1)NO. The van der Waals surface area contributed by atoms with Crippen LogP contribution in [0.25, 0.3) is 6.08 Å². The zero-order valence-electron chi connectivity index (χ0n) is 18.1. The molecule has 2 fully saturated rings. The van der Waals surface area contributed by atoms with Crippen LogP contribution in [-0.2, 0) is 11.3 Å². The third-order valence-electron chi connectivity index (χ3n) is 6.84. The number of hydrogen-bond acceptors (Lipinski definition) is 5. The van der Waals surface area contributed by atoms with Gasteiger partial charge in [0.05, 0.1) is 12.2 Å². The number of rotatable bonds is 8. The summed E-state index contributed by atoms with van der Waals surface area (Å²) in [5, 5.41) is 17.1. The Bertz CT molecular complexity index is 843. The molecule has 4 rings (SSSR count). The fourth-order valence-corrected chi connectivity index (χ4v) is 5.26. The molecular weight excluding hydrogens is 390 g/mol. The van der Waals surface area contributed by atoms with Crippen molar-refractivity contribution in [2.24, 2.45) is 5.92 Å². The zero-order valence-corrected chi connectivity index (χ0v) is 18.1.